The lowest BCUT2D eigenvalue weighted by molar-refractivity contribution is 0.629. The van der Waals surface area contributed by atoms with Crippen molar-refractivity contribution in [1.29, 1.82) is 0 Å². The van der Waals surface area contributed by atoms with Gasteiger partial charge in [0.2, 0.25) is 0 Å². The molecule has 0 fully saturated rings. The van der Waals surface area contributed by atoms with Crippen molar-refractivity contribution in [3.63, 3.8) is 0 Å². The number of hydrogen-bond donors (Lipinski definition) is 1. The fourth-order valence-electron chi connectivity index (χ4n) is 1.81. The van der Waals surface area contributed by atoms with Crippen molar-refractivity contribution in [2.45, 2.75) is 18.8 Å². The zero-order chi connectivity index (χ0) is 7.68. The van der Waals surface area contributed by atoms with Crippen LogP contribution in [0.25, 0.3) is 0 Å². The quantitative estimate of drug-likeness (QED) is 0.710. The van der Waals surface area contributed by atoms with Crippen molar-refractivity contribution < 1.29 is 0 Å². The average Bonchev–Trinajstić information content (AvgIpc) is 2.53. The van der Waals surface area contributed by atoms with Gasteiger partial charge in [0.05, 0.1) is 0 Å². The molecule has 1 aromatic rings. The van der Waals surface area contributed by atoms with Crippen LogP contribution in [-0.4, -0.2) is 13.6 Å². The third-order valence-electron chi connectivity index (χ3n) is 2.36. The molecule has 0 radical (unpaired) electrons. The summed E-state index contributed by atoms with van der Waals surface area (Å²) in [5.74, 6) is 0.801. The van der Waals surface area contributed by atoms with Gasteiger partial charge in [0.25, 0.3) is 0 Å². The van der Waals surface area contributed by atoms with E-state index in [0.29, 0.717) is 0 Å². The summed E-state index contributed by atoms with van der Waals surface area (Å²) in [5, 5.41) is 5.46. The van der Waals surface area contributed by atoms with E-state index in [4.69, 9.17) is 0 Å². The van der Waals surface area contributed by atoms with Crippen molar-refractivity contribution in [2.24, 2.45) is 0 Å². The van der Waals surface area contributed by atoms with E-state index in [1.54, 1.807) is 10.4 Å². The van der Waals surface area contributed by atoms with Gasteiger partial charge in [0.15, 0.2) is 0 Å². The van der Waals surface area contributed by atoms with Crippen molar-refractivity contribution in [3.05, 3.63) is 21.9 Å². The number of aryl methyl sites for hydroxylation is 1. The monoisotopic (exact) mass is 167 g/mol. The highest BCUT2D eigenvalue weighted by Gasteiger charge is 2.22. The van der Waals surface area contributed by atoms with Crippen molar-refractivity contribution >= 4 is 11.3 Å². The van der Waals surface area contributed by atoms with E-state index < -0.39 is 0 Å². The maximum atomic E-state index is 3.25. The molecule has 1 aromatic heterocycles. The molecule has 2 heteroatoms. The van der Waals surface area contributed by atoms with E-state index in [-0.39, 0.29) is 0 Å². The van der Waals surface area contributed by atoms with Crippen molar-refractivity contribution in [2.75, 3.05) is 13.6 Å². The molecule has 0 saturated carbocycles. The fraction of sp³-hybridized carbons (Fsp3) is 0.556. The van der Waals surface area contributed by atoms with Crippen molar-refractivity contribution in [1.82, 2.24) is 5.32 Å². The first-order valence-electron chi connectivity index (χ1n) is 4.12. The Labute approximate surface area is 71.4 Å². The van der Waals surface area contributed by atoms with Crippen LogP contribution in [0.4, 0.5) is 0 Å². The normalized spacial score (nSPS) is 22.1. The Balaban J connectivity index is 2.18. The molecular formula is C9H13NS. The first-order valence-corrected chi connectivity index (χ1v) is 5.00. The molecule has 1 aliphatic carbocycles. The molecule has 0 amide bonds. The van der Waals surface area contributed by atoms with E-state index in [1.165, 1.54) is 12.8 Å². The highest BCUT2D eigenvalue weighted by Crippen LogP contribution is 2.36. The Hall–Kier alpha value is -0.340. The molecule has 1 aliphatic rings. The molecule has 60 valence electrons. The van der Waals surface area contributed by atoms with Crippen LogP contribution in [0.5, 0.6) is 0 Å². The fourth-order valence-corrected chi connectivity index (χ4v) is 2.91. The average molecular weight is 167 g/mol. The summed E-state index contributed by atoms with van der Waals surface area (Å²) < 4.78 is 0. The summed E-state index contributed by atoms with van der Waals surface area (Å²) in [7, 11) is 2.03. The Kier molecular flexibility index (Phi) is 1.96. The molecule has 0 aliphatic heterocycles. The minimum atomic E-state index is 0.801. The van der Waals surface area contributed by atoms with Crippen LogP contribution >= 0.6 is 11.3 Å². The highest BCUT2D eigenvalue weighted by atomic mass is 32.1. The Morgan fingerprint density at radius 3 is 3.45 bits per heavy atom. The number of nitrogens with one attached hydrogen (secondary N) is 1. The molecule has 0 bridgehead atoms. The van der Waals surface area contributed by atoms with Gasteiger partial charge in [-0.1, -0.05) is 0 Å². The minimum absolute atomic E-state index is 0.801. The maximum Gasteiger partial charge on any atom is 0.0121 e. The lowest BCUT2D eigenvalue weighted by atomic mass is 10.1. The second-order valence-electron chi connectivity index (χ2n) is 3.10. The van der Waals surface area contributed by atoms with Crippen LogP contribution in [0.2, 0.25) is 0 Å². The van der Waals surface area contributed by atoms with Crippen LogP contribution in [0.15, 0.2) is 11.4 Å². The molecule has 1 N–H and O–H groups in total. The second kappa shape index (κ2) is 2.95. The van der Waals surface area contributed by atoms with Gasteiger partial charge in [-0.3, -0.25) is 0 Å². The molecular weight excluding hydrogens is 154 g/mol. The topological polar surface area (TPSA) is 12.0 Å². The molecule has 0 saturated heterocycles. The number of likely N-dealkylation sites (N-methyl/N-ethyl adjacent to an activating group) is 1. The highest BCUT2D eigenvalue weighted by molar-refractivity contribution is 7.10. The lowest BCUT2D eigenvalue weighted by Gasteiger charge is -2.06. The predicted octanol–water partition coefficient (Wildman–Crippen LogP) is 2.00. The number of thiophene rings is 1. The number of rotatable bonds is 2. The molecule has 1 nitrogen and oxygen atoms in total. The number of fused-ring (bicyclic) bond motifs is 1. The van der Waals surface area contributed by atoms with Gasteiger partial charge in [-0.05, 0) is 36.9 Å². The van der Waals surface area contributed by atoms with E-state index in [0.717, 1.165) is 12.5 Å². The van der Waals surface area contributed by atoms with E-state index in [1.807, 2.05) is 18.4 Å². The van der Waals surface area contributed by atoms with Gasteiger partial charge in [0.1, 0.15) is 0 Å². The van der Waals surface area contributed by atoms with Gasteiger partial charge >= 0.3 is 0 Å². The van der Waals surface area contributed by atoms with Gasteiger partial charge in [-0.2, -0.15) is 0 Å². The smallest absolute Gasteiger partial charge is 0.0121 e. The molecule has 0 unspecified atom stereocenters. The third-order valence-corrected chi connectivity index (χ3v) is 3.49. The molecule has 11 heavy (non-hydrogen) atoms. The van der Waals surface area contributed by atoms with Crippen molar-refractivity contribution in [3.8, 4) is 0 Å². The van der Waals surface area contributed by atoms with Gasteiger partial charge < -0.3 is 5.32 Å². The van der Waals surface area contributed by atoms with Crippen LogP contribution in [-0.2, 0) is 6.42 Å². The standard InChI is InChI=1S/C9H13NS/c1-10-6-8-3-2-7-4-5-11-9(7)8/h4-5,8,10H,2-3,6H2,1H3/t8-/m1/s1. The van der Waals surface area contributed by atoms with Gasteiger partial charge in [0, 0.05) is 17.3 Å². The largest absolute Gasteiger partial charge is 0.319 e. The number of hydrogen-bond acceptors (Lipinski definition) is 2. The Morgan fingerprint density at radius 1 is 1.73 bits per heavy atom. The predicted molar refractivity (Wildman–Crippen MR) is 49.3 cm³/mol. The van der Waals surface area contributed by atoms with Crippen LogP contribution in [0, 0.1) is 0 Å². The summed E-state index contributed by atoms with van der Waals surface area (Å²) >= 11 is 1.92. The Morgan fingerprint density at radius 2 is 2.64 bits per heavy atom. The third kappa shape index (κ3) is 1.21. The first kappa shape index (κ1) is 7.32. The Bertz CT molecular complexity index is 241. The van der Waals surface area contributed by atoms with Crippen LogP contribution < -0.4 is 5.32 Å². The second-order valence-corrected chi connectivity index (χ2v) is 4.05. The maximum absolute atomic E-state index is 3.25. The van der Waals surface area contributed by atoms with Gasteiger partial charge in [-0.15, -0.1) is 11.3 Å². The summed E-state index contributed by atoms with van der Waals surface area (Å²) in [5.41, 5.74) is 1.59. The molecule has 1 heterocycles. The summed E-state index contributed by atoms with van der Waals surface area (Å²) in [6.07, 6.45) is 2.65. The van der Waals surface area contributed by atoms with E-state index >= 15 is 0 Å². The van der Waals surface area contributed by atoms with E-state index in [2.05, 4.69) is 16.8 Å². The lowest BCUT2D eigenvalue weighted by Crippen LogP contribution is -2.14. The summed E-state index contributed by atoms with van der Waals surface area (Å²) in [6, 6.07) is 2.27. The minimum Gasteiger partial charge on any atom is -0.319 e. The SMILES string of the molecule is CNC[C@H]1CCc2ccsc21. The van der Waals surface area contributed by atoms with Crippen LogP contribution in [0.3, 0.4) is 0 Å². The molecule has 0 spiro atoms. The molecule has 0 aromatic carbocycles. The van der Waals surface area contributed by atoms with E-state index in [9.17, 15) is 0 Å². The zero-order valence-electron chi connectivity index (χ0n) is 6.76. The molecule has 1 atom stereocenters. The van der Waals surface area contributed by atoms with Gasteiger partial charge in [-0.25, -0.2) is 0 Å². The molecule has 2 rings (SSSR count). The summed E-state index contributed by atoms with van der Waals surface area (Å²) in [6.45, 7) is 1.15. The first-order chi connectivity index (χ1) is 5.42. The van der Waals surface area contributed by atoms with Crippen LogP contribution in [0.1, 0.15) is 22.8 Å². The zero-order valence-corrected chi connectivity index (χ0v) is 7.58. The summed E-state index contributed by atoms with van der Waals surface area (Å²) in [4.78, 5) is 1.62.